The lowest BCUT2D eigenvalue weighted by atomic mass is 9.97. The predicted molar refractivity (Wildman–Crippen MR) is 59.7 cm³/mol. The Hall–Kier alpha value is -0.390. The summed E-state index contributed by atoms with van der Waals surface area (Å²) in [5, 5.41) is 3.02. The van der Waals surface area contributed by atoms with Gasteiger partial charge in [-0.05, 0) is 18.3 Å². The molecule has 0 unspecified atom stereocenters. The van der Waals surface area contributed by atoms with E-state index >= 15 is 0 Å². The monoisotopic (exact) mass is 252 g/mol. The van der Waals surface area contributed by atoms with Crippen LogP contribution in [0, 0.1) is 5.41 Å². The van der Waals surface area contributed by atoms with Gasteiger partial charge in [-0.2, -0.15) is 13.2 Å². The zero-order valence-electron chi connectivity index (χ0n) is 9.32. The Balaban J connectivity index is 2.00. The summed E-state index contributed by atoms with van der Waals surface area (Å²) >= 11 is 1.39. The molecule has 0 saturated heterocycles. The maximum Gasteiger partial charge on any atom is 0.411 e. The third-order valence-corrected chi connectivity index (χ3v) is 4.32. The first kappa shape index (κ1) is 12.1. The van der Waals surface area contributed by atoms with Crippen LogP contribution in [0.15, 0.2) is 4.99 Å². The van der Waals surface area contributed by atoms with Crippen molar-refractivity contribution in [3.8, 4) is 0 Å². The second-order valence-electron chi connectivity index (χ2n) is 5.28. The van der Waals surface area contributed by atoms with Gasteiger partial charge in [-0.1, -0.05) is 25.6 Å². The van der Waals surface area contributed by atoms with E-state index < -0.39 is 11.7 Å². The van der Waals surface area contributed by atoms with Crippen LogP contribution in [0.3, 0.4) is 0 Å². The highest BCUT2D eigenvalue weighted by Crippen LogP contribution is 2.49. The number of hydrogen-bond acceptors (Lipinski definition) is 3. The summed E-state index contributed by atoms with van der Waals surface area (Å²) in [6.07, 6.45) is -3.83. The van der Waals surface area contributed by atoms with Gasteiger partial charge in [0.1, 0.15) is 5.54 Å². The molecule has 0 aromatic rings. The zero-order chi connectivity index (χ0) is 12.0. The number of nitrogens with one attached hydrogen (secondary N) is 1. The molecule has 0 amide bonds. The van der Waals surface area contributed by atoms with E-state index in [4.69, 9.17) is 0 Å². The fourth-order valence-electron chi connectivity index (χ4n) is 1.53. The second-order valence-corrected chi connectivity index (χ2v) is 6.24. The van der Waals surface area contributed by atoms with Crippen LogP contribution >= 0.6 is 11.8 Å². The first-order valence-corrected chi connectivity index (χ1v) is 6.25. The molecule has 2 rings (SSSR count). The van der Waals surface area contributed by atoms with E-state index in [-0.39, 0.29) is 18.3 Å². The lowest BCUT2D eigenvalue weighted by molar-refractivity contribution is -0.161. The van der Waals surface area contributed by atoms with E-state index in [1.54, 1.807) is 0 Å². The van der Waals surface area contributed by atoms with Crippen LogP contribution in [-0.4, -0.2) is 29.2 Å². The fourth-order valence-corrected chi connectivity index (χ4v) is 2.57. The van der Waals surface area contributed by atoms with Gasteiger partial charge >= 0.3 is 6.18 Å². The molecule has 16 heavy (non-hydrogen) atoms. The quantitative estimate of drug-likeness (QED) is 0.776. The van der Waals surface area contributed by atoms with Crippen LogP contribution in [0.5, 0.6) is 0 Å². The minimum Gasteiger partial charge on any atom is -0.351 e. The van der Waals surface area contributed by atoms with Crippen molar-refractivity contribution in [2.45, 2.75) is 38.4 Å². The van der Waals surface area contributed by atoms with Crippen molar-refractivity contribution in [2.24, 2.45) is 10.4 Å². The van der Waals surface area contributed by atoms with Crippen molar-refractivity contribution < 1.29 is 13.2 Å². The fraction of sp³-hybridized carbons (Fsp3) is 0.900. The smallest absolute Gasteiger partial charge is 0.351 e. The number of hydrogen-bond donors (Lipinski definition) is 1. The normalized spacial score (nSPS) is 27.2. The maximum atomic E-state index is 12.7. The van der Waals surface area contributed by atoms with E-state index in [1.165, 1.54) is 11.8 Å². The van der Waals surface area contributed by atoms with Crippen LogP contribution in [0.2, 0.25) is 0 Å². The Labute approximate surface area is 97.1 Å². The Morgan fingerprint density at radius 2 is 1.94 bits per heavy atom. The van der Waals surface area contributed by atoms with Gasteiger partial charge in [0.2, 0.25) is 0 Å². The minimum absolute atomic E-state index is 0.0881. The average molecular weight is 252 g/mol. The Kier molecular flexibility index (Phi) is 2.68. The molecule has 1 heterocycles. The van der Waals surface area contributed by atoms with Gasteiger partial charge in [-0.25, -0.2) is 0 Å². The predicted octanol–water partition coefficient (Wildman–Crippen LogP) is 2.80. The summed E-state index contributed by atoms with van der Waals surface area (Å²) in [5.74, 6) is 0.812. The third-order valence-electron chi connectivity index (χ3n) is 2.89. The number of thioether (sulfide) groups is 1. The molecule has 92 valence electrons. The van der Waals surface area contributed by atoms with Crippen LogP contribution < -0.4 is 5.32 Å². The van der Waals surface area contributed by atoms with Crippen molar-refractivity contribution in [1.82, 2.24) is 5.32 Å². The largest absolute Gasteiger partial charge is 0.411 e. The SMILES string of the molecule is CC1(C)CN=C(NC2(C(F)(F)F)CC2)SC1. The molecule has 1 aliphatic heterocycles. The maximum absolute atomic E-state index is 12.7. The molecule has 0 aromatic carbocycles. The number of nitrogens with zero attached hydrogens (tertiary/aromatic N) is 1. The standard InChI is InChI=1S/C10H15F3N2S/c1-8(2)5-14-7(16-6-8)15-9(3-4-9)10(11,12)13/h3-6H2,1-2H3,(H,14,15). The topological polar surface area (TPSA) is 24.4 Å². The van der Waals surface area contributed by atoms with E-state index in [9.17, 15) is 13.2 Å². The number of halogens is 3. The van der Waals surface area contributed by atoms with Crippen LogP contribution in [-0.2, 0) is 0 Å². The summed E-state index contributed by atoms with van der Waals surface area (Å²) in [7, 11) is 0. The van der Waals surface area contributed by atoms with E-state index in [2.05, 4.69) is 24.2 Å². The van der Waals surface area contributed by atoms with Gasteiger partial charge in [0, 0.05) is 12.3 Å². The van der Waals surface area contributed by atoms with Crippen LogP contribution in [0.1, 0.15) is 26.7 Å². The minimum atomic E-state index is -4.16. The summed E-state index contributed by atoms with van der Waals surface area (Å²) in [6.45, 7) is 4.73. The van der Waals surface area contributed by atoms with Crippen molar-refractivity contribution in [1.29, 1.82) is 0 Å². The van der Waals surface area contributed by atoms with E-state index in [1.807, 2.05) is 0 Å². The highest BCUT2D eigenvalue weighted by molar-refractivity contribution is 8.13. The Morgan fingerprint density at radius 1 is 1.31 bits per heavy atom. The van der Waals surface area contributed by atoms with Crippen molar-refractivity contribution >= 4 is 16.9 Å². The van der Waals surface area contributed by atoms with Crippen LogP contribution in [0.4, 0.5) is 13.2 Å². The summed E-state index contributed by atoms with van der Waals surface area (Å²) in [5.41, 5.74) is -1.59. The van der Waals surface area contributed by atoms with Gasteiger partial charge < -0.3 is 5.32 Å². The Morgan fingerprint density at radius 3 is 2.31 bits per heavy atom. The first-order valence-electron chi connectivity index (χ1n) is 5.26. The molecule has 0 radical (unpaired) electrons. The molecule has 6 heteroatoms. The second kappa shape index (κ2) is 3.55. The molecular formula is C10H15F3N2S. The third kappa shape index (κ3) is 2.31. The molecule has 2 nitrogen and oxygen atoms in total. The number of amidine groups is 1. The van der Waals surface area contributed by atoms with Gasteiger partial charge in [-0.15, -0.1) is 0 Å². The summed E-state index contributed by atoms with van der Waals surface area (Å²) in [6, 6.07) is 0. The van der Waals surface area contributed by atoms with Gasteiger partial charge in [0.15, 0.2) is 5.17 Å². The molecule has 0 aromatic heterocycles. The average Bonchev–Trinajstić information content (AvgIpc) is 2.89. The van der Waals surface area contributed by atoms with Gasteiger partial charge in [0.05, 0.1) is 0 Å². The first-order chi connectivity index (χ1) is 7.24. The van der Waals surface area contributed by atoms with Gasteiger partial charge in [0.25, 0.3) is 0 Å². The molecule has 1 saturated carbocycles. The molecule has 0 spiro atoms. The molecule has 0 bridgehead atoms. The zero-order valence-corrected chi connectivity index (χ0v) is 10.1. The molecule has 2 aliphatic rings. The Bertz CT molecular complexity index is 319. The highest BCUT2D eigenvalue weighted by Gasteiger charge is 2.64. The lowest BCUT2D eigenvalue weighted by Crippen LogP contribution is -2.48. The van der Waals surface area contributed by atoms with Gasteiger partial charge in [-0.3, -0.25) is 4.99 Å². The highest BCUT2D eigenvalue weighted by atomic mass is 32.2. The number of alkyl halides is 3. The molecule has 1 aliphatic carbocycles. The lowest BCUT2D eigenvalue weighted by Gasteiger charge is -2.30. The number of rotatable bonds is 1. The molecular weight excluding hydrogens is 237 g/mol. The molecule has 1 N–H and O–H groups in total. The van der Waals surface area contributed by atoms with Crippen LogP contribution in [0.25, 0.3) is 0 Å². The summed E-state index contributed by atoms with van der Waals surface area (Å²) < 4.78 is 38.0. The van der Waals surface area contributed by atoms with Crippen molar-refractivity contribution in [3.05, 3.63) is 0 Å². The van der Waals surface area contributed by atoms with Crippen molar-refractivity contribution in [3.63, 3.8) is 0 Å². The summed E-state index contributed by atoms with van der Waals surface area (Å²) in [4.78, 5) is 4.19. The van der Waals surface area contributed by atoms with Crippen molar-refractivity contribution in [2.75, 3.05) is 12.3 Å². The molecule has 0 atom stereocenters. The van der Waals surface area contributed by atoms with E-state index in [0.29, 0.717) is 11.7 Å². The molecule has 1 fully saturated rings. The number of aliphatic imine (C=N–C) groups is 1. The van der Waals surface area contributed by atoms with E-state index in [0.717, 1.165) is 5.75 Å².